The molecule has 56 valence electrons. The first-order valence-corrected chi connectivity index (χ1v) is 4.81. The Labute approximate surface area is 81.8 Å². The first-order chi connectivity index (χ1) is 5.20. The Kier molecular flexibility index (Phi) is 1.65. The molecule has 0 N–H and O–H groups in total. The van der Waals surface area contributed by atoms with Gasteiger partial charge in [-0.2, -0.15) is 0 Å². The molecule has 1 aromatic rings. The summed E-state index contributed by atoms with van der Waals surface area (Å²) in [6, 6.07) is 8.03. The summed E-state index contributed by atoms with van der Waals surface area (Å²) in [4.78, 5) is 4.23. The zero-order valence-corrected chi connectivity index (χ0v) is 8.76. The molecule has 0 saturated carbocycles. The first-order valence-electron chi connectivity index (χ1n) is 3.23. The lowest BCUT2D eigenvalue weighted by Crippen LogP contribution is -2.04. The van der Waals surface area contributed by atoms with Crippen LogP contribution in [0.2, 0.25) is 0 Å². The highest BCUT2D eigenvalue weighted by molar-refractivity contribution is 9.25. The Morgan fingerprint density at radius 2 is 1.91 bits per heavy atom. The van der Waals surface area contributed by atoms with E-state index in [9.17, 15) is 0 Å². The molecule has 0 amide bonds. The maximum absolute atomic E-state index is 4.23. The van der Waals surface area contributed by atoms with Gasteiger partial charge in [-0.25, -0.2) is 0 Å². The van der Waals surface area contributed by atoms with Crippen LogP contribution in [-0.2, 0) is 3.23 Å². The SMILES string of the molecule is BrC1(Br)C=Nc2ccccc21. The second-order valence-electron chi connectivity index (χ2n) is 2.40. The lowest BCUT2D eigenvalue weighted by atomic mass is 10.2. The molecule has 11 heavy (non-hydrogen) atoms. The fourth-order valence-corrected chi connectivity index (χ4v) is 1.96. The van der Waals surface area contributed by atoms with Crippen LogP contribution in [0, 0.1) is 0 Å². The van der Waals surface area contributed by atoms with Crippen molar-refractivity contribution in [3.05, 3.63) is 29.8 Å². The summed E-state index contributed by atoms with van der Waals surface area (Å²) < 4.78 is -0.239. The third kappa shape index (κ3) is 1.16. The van der Waals surface area contributed by atoms with Crippen molar-refractivity contribution in [3.8, 4) is 0 Å². The minimum Gasteiger partial charge on any atom is -0.258 e. The predicted molar refractivity (Wildman–Crippen MR) is 54.1 cm³/mol. The highest BCUT2D eigenvalue weighted by Gasteiger charge is 2.29. The Morgan fingerprint density at radius 1 is 1.18 bits per heavy atom. The smallest absolute Gasteiger partial charge is 0.142 e. The predicted octanol–water partition coefficient (Wildman–Crippen LogP) is 3.35. The van der Waals surface area contributed by atoms with Crippen molar-refractivity contribution in [1.82, 2.24) is 0 Å². The van der Waals surface area contributed by atoms with Gasteiger partial charge in [0.25, 0.3) is 0 Å². The summed E-state index contributed by atoms with van der Waals surface area (Å²) in [6.45, 7) is 0. The van der Waals surface area contributed by atoms with Gasteiger partial charge in [-0.3, -0.25) is 4.99 Å². The van der Waals surface area contributed by atoms with Crippen molar-refractivity contribution in [2.45, 2.75) is 3.23 Å². The number of para-hydroxylation sites is 1. The van der Waals surface area contributed by atoms with Gasteiger partial charge in [-0.1, -0.05) is 50.1 Å². The standard InChI is InChI=1S/C8H5Br2N/c9-8(10)5-11-7-4-2-1-3-6(7)8/h1-5H. The molecule has 1 aromatic carbocycles. The molecule has 0 aromatic heterocycles. The van der Waals surface area contributed by atoms with E-state index in [4.69, 9.17) is 0 Å². The first kappa shape index (κ1) is 7.50. The normalized spacial score (nSPS) is 18.4. The molecule has 0 fully saturated rings. The van der Waals surface area contributed by atoms with Gasteiger partial charge in [0, 0.05) is 11.8 Å². The highest BCUT2D eigenvalue weighted by atomic mass is 79.9. The van der Waals surface area contributed by atoms with Crippen LogP contribution < -0.4 is 0 Å². The number of nitrogens with zero attached hydrogens (tertiary/aromatic N) is 1. The summed E-state index contributed by atoms with van der Waals surface area (Å²) in [5.41, 5.74) is 2.20. The van der Waals surface area contributed by atoms with Gasteiger partial charge in [0.15, 0.2) is 0 Å². The number of fused-ring (bicyclic) bond motifs is 1. The lowest BCUT2D eigenvalue weighted by Gasteiger charge is -2.09. The summed E-state index contributed by atoms with van der Waals surface area (Å²) >= 11 is 7.02. The highest BCUT2D eigenvalue weighted by Crippen LogP contribution is 2.45. The van der Waals surface area contributed by atoms with Gasteiger partial charge in [-0.15, -0.1) is 0 Å². The van der Waals surface area contributed by atoms with Crippen LogP contribution in [-0.4, -0.2) is 6.21 Å². The molecule has 2 rings (SSSR count). The average molecular weight is 275 g/mol. The van der Waals surface area contributed by atoms with Gasteiger partial charge in [0.2, 0.25) is 0 Å². The number of rotatable bonds is 0. The third-order valence-corrected chi connectivity index (χ3v) is 2.89. The number of benzene rings is 1. The fourth-order valence-electron chi connectivity index (χ4n) is 1.09. The van der Waals surface area contributed by atoms with Crippen molar-refractivity contribution in [3.63, 3.8) is 0 Å². The average Bonchev–Trinajstić information content (AvgIpc) is 2.29. The van der Waals surface area contributed by atoms with Gasteiger partial charge >= 0.3 is 0 Å². The second kappa shape index (κ2) is 2.42. The lowest BCUT2D eigenvalue weighted by molar-refractivity contribution is 1.34. The van der Waals surface area contributed by atoms with Gasteiger partial charge in [0.1, 0.15) is 3.23 Å². The maximum Gasteiger partial charge on any atom is 0.142 e. The zero-order chi connectivity index (χ0) is 7.90. The van der Waals surface area contributed by atoms with E-state index in [2.05, 4.69) is 36.9 Å². The minimum absolute atomic E-state index is 0.239. The molecule has 0 radical (unpaired) electrons. The van der Waals surface area contributed by atoms with Crippen LogP contribution in [0.1, 0.15) is 5.56 Å². The summed E-state index contributed by atoms with van der Waals surface area (Å²) in [5.74, 6) is 0. The third-order valence-electron chi connectivity index (χ3n) is 1.63. The molecule has 0 atom stereocenters. The number of hydrogen-bond donors (Lipinski definition) is 0. The second-order valence-corrected chi connectivity index (χ2v) is 5.96. The fraction of sp³-hybridized carbons (Fsp3) is 0.125. The Morgan fingerprint density at radius 3 is 2.64 bits per heavy atom. The molecule has 0 aliphatic carbocycles. The Bertz CT molecular complexity index is 318. The van der Waals surface area contributed by atoms with Gasteiger partial charge < -0.3 is 0 Å². The summed E-state index contributed by atoms with van der Waals surface area (Å²) in [5, 5.41) is 0. The molecule has 1 aliphatic rings. The van der Waals surface area contributed by atoms with Crippen molar-refractivity contribution in [2.75, 3.05) is 0 Å². The molecule has 1 nitrogen and oxygen atoms in total. The molecule has 3 heteroatoms. The largest absolute Gasteiger partial charge is 0.258 e. The number of hydrogen-bond acceptors (Lipinski definition) is 1. The van der Waals surface area contributed by atoms with E-state index in [1.54, 1.807) is 0 Å². The van der Waals surface area contributed by atoms with Crippen LogP contribution in [0.3, 0.4) is 0 Å². The topological polar surface area (TPSA) is 12.4 Å². The van der Waals surface area contributed by atoms with E-state index >= 15 is 0 Å². The number of aliphatic imine (C=N–C) groups is 1. The molecule has 0 unspecified atom stereocenters. The molecular weight excluding hydrogens is 270 g/mol. The van der Waals surface area contributed by atoms with Gasteiger partial charge in [0.05, 0.1) is 5.69 Å². The van der Waals surface area contributed by atoms with E-state index in [0.717, 1.165) is 5.69 Å². The summed E-state index contributed by atoms with van der Waals surface area (Å²) in [6.07, 6.45) is 1.84. The van der Waals surface area contributed by atoms with Crippen LogP contribution in [0.5, 0.6) is 0 Å². The molecule has 1 heterocycles. The van der Waals surface area contributed by atoms with Crippen molar-refractivity contribution in [2.24, 2.45) is 4.99 Å². The monoisotopic (exact) mass is 273 g/mol. The van der Waals surface area contributed by atoms with E-state index in [1.807, 2.05) is 30.5 Å². The molecular formula is C8H5Br2N. The van der Waals surface area contributed by atoms with Crippen LogP contribution in [0.25, 0.3) is 0 Å². The van der Waals surface area contributed by atoms with Crippen LogP contribution in [0.4, 0.5) is 5.69 Å². The summed E-state index contributed by atoms with van der Waals surface area (Å²) in [7, 11) is 0. The molecule has 1 aliphatic heterocycles. The van der Waals surface area contributed by atoms with E-state index in [0.29, 0.717) is 0 Å². The van der Waals surface area contributed by atoms with Crippen molar-refractivity contribution >= 4 is 43.8 Å². The van der Waals surface area contributed by atoms with Crippen molar-refractivity contribution < 1.29 is 0 Å². The van der Waals surface area contributed by atoms with E-state index in [1.165, 1.54) is 5.56 Å². The minimum atomic E-state index is -0.239. The van der Waals surface area contributed by atoms with Crippen molar-refractivity contribution in [1.29, 1.82) is 0 Å². The van der Waals surface area contributed by atoms with Crippen LogP contribution in [0.15, 0.2) is 29.3 Å². The number of halogens is 2. The Balaban J connectivity index is 2.64. The van der Waals surface area contributed by atoms with E-state index in [-0.39, 0.29) is 3.23 Å². The zero-order valence-electron chi connectivity index (χ0n) is 5.59. The number of alkyl halides is 2. The van der Waals surface area contributed by atoms with E-state index < -0.39 is 0 Å². The molecule has 0 bridgehead atoms. The molecule has 0 spiro atoms. The maximum atomic E-state index is 4.23. The van der Waals surface area contributed by atoms with Gasteiger partial charge in [-0.05, 0) is 6.07 Å². The Hall–Kier alpha value is -0.150. The quantitative estimate of drug-likeness (QED) is 0.644. The van der Waals surface area contributed by atoms with Crippen LogP contribution >= 0.6 is 31.9 Å². The molecule has 0 saturated heterocycles.